The molecule has 0 bridgehead atoms. The summed E-state index contributed by atoms with van der Waals surface area (Å²) in [5, 5.41) is 0.337. The van der Waals surface area contributed by atoms with E-state index >= 15 is 0 Å². The summed E-state index contributed by atoms with van der Waals surface area (Å²) in [6, 6.07) is 4.18. The molecule has 1 fully saturated rings. The SMILES string of the molecule is CCCC1CCC(Cl)C(Cc2ccc(Br)cn2)C1. The van der Waals surface area contributed by atoms with Gasteiger partial charge in [-0.15, -0.1) is 11.6 Å². The van der Waals surface area contributed by atoms with E-state index in [0.717, 1.165) is 16.8 Å². The third-order valence-electron chi connectivity index (χ3n) is 3.96. The number of alkyl halides is 1. The minimum absolute atomic E-state index is 0.337. The van der Waals surface area contributed by atoms with Gasteiger partial charge < -0.3 is 0 Å². The van der Waals surface area contributed by atoms with E-state index < -0.39 is 0 Å². The van der Waals surface area contributed by atoms with Crippen LogP contribution >= 0.6 is 27.5 Å². The van der Waals surface area contributed by atoms with Crippen LogP contribution in [0.25, 0.3) is 0 Å². The van der Waals surface area contributed by atoms with Crippen LogP contribution in [0, 0.1) is 11.8 Å². The van der Waals surface area contributed by atoms with Crippen LogP contribution in [-0.2, 0) is 6.42 Å². The standard InChI is InChI=1S/C15H21BrClN/c1-2-3-11-4-7-15(17)12(8-11)9-14-6-5-13(16)10-18-14/h5-6,10-12,15H,2-4,7-9H2,1H3. The summed E-state index contributed by atoms with van der Waals surface area (Å²) in [6.07, 6.45) is 9.32. The average molecular weight is 331 g/mol. The quantitative estimate of drug-likeness (QED) is 0.691. The summed E-state index contributed by atoms with van der Waals surface area (Å²) in [5.74, 6) is 1.48. The van der Waals surface area contributed by atoms with Crippen molar-refractivity contribution in [1.82, 2.24) is 4.98 Å². The molecule has 18 heavy (non-hydrogen) atoms. The van der Waals surface area contributed by atoms with Crippen LogP contribution in [0.5, 0.6) is 0 Å². The third-order valence-corrected chi connectivity index (χ3v) is 5.00. The fraction of sp³-hybridized carbons (Fsp3) is 0.667. The van der Waals surface area contributed by atoms with Crippen LogP contribution in [0.1, 0.15) is 44.7 Å². The highest BCUT2D eigenvalue weighted by Gasteiger charge is 2.28. The first kappa shape index (κ1) is 14.3. The second-order valence-electron chi connectivity index (χ2n) is 5.42. The number of halogens is 2. The minimum Gasteiger partial charge on any atom is -0.260 e. The van der Waals surface area contributed by atoms with Crippen molar-refractivity contribution in [3.8, 4) is 0 Å². The van der Waals surface area contributed by atoms with Crippen LogP contribution in [0.15, 0.2) is 22.8 Å². The zero-order chi connectivity index (χ0) is 13.0. The van der Waals surface area contributed by atoms with Crippen molar-refractivity contribution in [1.29, 1.82) is 0 Å². The van der Waals surface area contributed by atoms with Crippen LogP contribution in [-0.4, -0.2) is 10.4 Å². The van der Waals surface area contributed by atoms with E-state index in [9.17, 15) is 0 Å². The lowest BCUT2D eigenvalue weighted by molar-refractivity contribution is 0.256. The Morgan fingerprint density at radius 3 is 2.89 bits per heavy atom. The van der Waals surface area contributed by atoms with Crippen LogP contribution in [0.4, 0.5) is 0 Å². The molecule has 1 heterocycles. The average Bonchev–Trinajstić information content (AvgIpc) is 2.36. The molecule has 0 N–H and O–H groups in total. The number of pyridine rings is 1. The first-order valence-corrected chi connectivity index (χ1v) is 8.16. The Labute approximate surface area is 123 Å². The molecule has 100 valence electrons. The molecular formula is C15H21BrClN. The number of aromatic nitrogens is 1. The van der Waals surface area contributed by atoms with Gasteiger partial charge in [0.2, 0.25) is 0 Å². The van der Waals surface area contributed by atoms with Gasteiger partial charge in [0.15, 0.2) is 0 Å². The summed E-state index contributed by atoms with van der Waals surface area (Å²) in [7, 11) is 0. The predicted molar refractivity (Wildman–Crippen MR) is 81.0 cm³/mol. The molecule has 0 radical (unpaired) electrons. The molecule has 3 heteroatoms. The molecule has 0 spiro atoms. The third kappa shape index (κ3) is 3.96. The molecule has 2 rings (SSSR count). The van der Waals surface area contributed by atoms with Crippen molar-refractivity contribution in [3.05, 3.63) is 28.5 Å². The lowest BCUT2D eigenvalue weighted by atomic mass is 9.77. The fourth-order valence-electron chi connectivity index (χ4n) is 3.00. The van der Waals surface area contributed by atoms with Gasteiger partial charge >= 0.3 is 0 Å². The Morgan fingerprint density at radius 1 is 1.39 bits per heavy atom. The molecule has 1 saturated carbocycles. The highest BCUT2D eigenvalue weighted by Crippen LogP contribution is 2.36. The van der Waals surface area contributed by atoms with Crippen LogP contribution < -0.4 is 0 Å². The molecule has 0 saturated heterocycles. The summed E-state index contributed by atoms with van der Waals surface area (Å²) in [5.41, 5.74) is 1.17. The molecule has 1 nitrogen and oxygen atoms in total. The van der Waals surface area contributed by atoms with E-state index in [-0.39, 0.29) is 0 Å². The van der Waals surface area contributed by atoms with E-state index in [1.807, 2.05) is 6.20 Å². The van der Waals surface area contributed by atoms with Gasteiger partial charge in [0, 0.05) is 21.7 Å². The van der Waals surface area contributed by atoms with E-state index in [1.54, 1.807) is 0 Å². The van der Waals surface area contributed by atoms with Gasteiger partial charge in [-0.25, -0.2) is 0 Å². The molecular weight excluding hydrogens is 310 g/mol. The second-order valence-corrected chi connectivity index (χ2v) is 6.89. The molecule has 0 amide bonds. The summed E-state index contributed by atoms with van der Waals surface area (Å²) < 4.78 is 1.04. The minimum atomic E-state index is 0.337. The van der Waals surface area contributed by atoms with Crippen LogP contribution in [0.3, 0.4) is 0 Å². The van der Waals surface area contributed by atoms with Gasteiger partial charge in [-0.3, -0.25) is 4.98 Å². The lowest BCUT2D eigenvalue weighted by Gasteiger charge is -2.32. The Balaban J connectivity index is 1.95. The maximum atomic E-state index is 6.49. The van der Waals surface area contributed by atoms with Gasteiger partial charge in [0.1, 0.15) is 0 Å². The van der Waals surface area contributed by atoms with E-state index in [4.69, 9.17) is 11.6 Å². The van der Waals surface area contributed by atoms with Crippen molar-refractivity contribution >= 4 is 27.5 Å². The molecule has 3 atom stereocenters. The Bertz CT molecular complexity index is 365. The van der Waals surface area contributed by atoms with Gasteiger partial charge in [-0.05, 0) is 65.6 Å². The molecule has 0 aromatic carbocycles. The van der Waals surface area contributed by atoms with Crippen molar-refractivity contribution < 1.29 is 0 Å². The zero-order valence-corrected chi connectivity index (χ0v) is 13.3. The fourth-order valence-corrected chi connectivity index (χ4v) is 3.55. The highest BCUT2D eigenvalue weighted by atomic mass is 79.9. The molecule has 3 unspecified atom stereocenters. The van der Waals surface area contributed by atoms with Crippen molar-refractivity contribution in [2.24, 2.45) is 11.8 Å². The molecule has 1 aromatic heterocycles. The maximum absolute atomic E-state index is 6.49. The van der Waals surface area contributed by atoms with E-state index in [1.165, 1.54) is 37.8 Å². The highest BCUT2D eigenvalue weighted by molar-refractivity contribution is 9.10. The van der Waals surface area contributed by atoms with Crippen molar-refractivity contribution in [2.45, 2.75) is 50.8 Å². The first-order chi connectivity index (χ1) is 8.69. The van der Waals surface area contributed by atoms with Gasteiger partial charge in [-0.1, -0.05) is 19.8 Å². The molecule has 0 aliphatic heterocycles. The largest absolute Gasteiger partial charge is 0.260 e. The smallest absolute Gasteiger partial charge is 0.0413 e. The first-order valence-electron chi connectivity index (χ1n) is 6.93. The van der Waals surface area contributed by atoms with E-state index in [0.29, 0.717) is 11.3 Å². The zero-order valence-electron chi connectivity index (χ0n) is 10.9. The lowest BCUT2D eigenvalue weighted by Crippen LogP contribution is -2.27. The normalized spacial score (nSPS) is 28.3. The number of hydrogen-bond acceptors (Lipinski definition) is 1. The number of hydrogen-bond donors (Lipinski definition) is 0. The van der Waals surface area contributed by atoms with Gasteiger partial charge in [-0.2, -0.15) is 0 Å². The molecule has 1 aromatic rings. The Morgan fingerprint density at radius 2 is 2.22 bits per heavy atom. The van der Waals surface area contributed by atoms with Gasteiger partial charge in [0.25, 0.3) is 0 Å². The Hall–Kier alpha value is -0.0800. The summed E-state index contributed by atoms with van der Waals surface area (Å²) in [6.45, 7) is 2.28. The summed E-state index contributed by atoms with van der Waals surface area (Å²) in [4.78, 5) is 4.47. The number of rotatable bonds is 4. The van der Waals surface area contributed by atoms with Crippen LogP contribution in [0.2, 0.25) is 0 Å². The summed E-state index contributed by atoms with van der Waals surface area (Å²) >= 11 is 9.92. The maximum Gasteiger partial charge on any atom is 0.0413 e. The van der Waals surface area contributed by atoms with Gasteiger partial charge in [0.05, 0.1) is 0 Å². The number of nitrogens with zero attached hydrogens (tertiary/aromatic N) is 1. The Kier molecular flexibility index (Phi) is 5.50. The predicted octanol–water partition coefficient (Wildman–Crippen LogP) is 5.21. The van der Waals surface area contributed by atoms with Crippen molar-refractivity contribution in [2.75, 3.05) is 0 Å². The van der Waals surface area contributed by atoms with Crippen molar-refractivity contribution in [3.63, 3.8) is 0 Å². The topological polar surface area (TPSA) is 12.9 Å². The molecule has 1 aliphatic carbocycles. The molecule has 1 aliphatic rings. The van der Waals surface area contributed by atoms with E-state index in [2.05, 4.69) is 40.0 Å². The second kappa shape index (κ2) is 6.91. The monoisotopic (exact) mass is 329 g/mol.